The minimum atomic E-state index is -0.693. The Kier molecular flexibility index (Phi) is 4.69. The van der Waals surface area contributed by atoms with E-state index in [1.165, 1.54) is 34.2 Å². The van der Waals surface area contributed by atoms with Gasteiger partial charge in [-0.15, -0.1) is 0 Å². The van der Waals surface area contributed by atoms with Crippen LogP contribution in [0.5, 0.6) is 0 Å². The van der Waals surface area contributed by atoms with Crippen molar-refractivity contribution in [1.82, 2.24) is 14.8 Å². The summed E-state index contributed by atoms with van der Waals surface area (Å²) in [5.41, 5.74) is 0.733. The Bertz CT molecular complexity index is 824. The number of aromatic nitrogens is 1. The second-order valence-corrected chi connectivity index (χ2v) is 5.70. The number of nitrogens with one attached hydrogen (secondary N) is 1. The Hall–Kier alpha value is -2.90. The summed E-state index contributed by atoms with van der Waals surface area (Å²) < 4.78 is 18.3. The number of aromatic amines is 1. The lowest BCUT2D eigenvalue weighted by atomic mass is 10.1. The first-order valence-electron chi connectivity index (χ1n) is 8.03. The zero-order chi connectivity index (χ0) is 18.0. The zero-order valence-electron chi connectivity index (χ0n) is 13.8. The number of piperazine rings is 1. The number of hydrogen-bond acceptors (Lipinski definition) is 4. The molecule has 2 amide bonds. The number of nitrogens with zero attached hydrogens (tertiary/aromatic N) is 2. The first kappa shape index (κ1) is 16.9. The van der Waals surface area contributed by atoms with Crippen LogP contribution in [0.1, 0.15) is 17.3 Å². The summed E-state index contributed by atoms with van der Waals surface area (Å²) in [6.45, 7) is 3.12. The van der Waals surface area contributed by atoms with Gasteiger partial charge in [-0.25, -0.2) is 9.18 Å². The quantitative estimate of drug-likeness (QED) is 0.678. The number of Topliss-reactive ketones (excluding diaryl/α,β-unsaturated/α-hetero) is 1. The summed E-state index contributed by atoms with van der Waals surface area (Å²) >= 11 is 0. The minimum Gasteiger partial charge on any atom is -0.450 e. The summed E-state index contributed by atoms with van der Waals surface area (Å²) in [5.74, 6) is -1.83. The van der Waals surface area contributed by atoms with Crippen LogP contribution in [0, 0.1) is 5.82 Å². The largest absolute Gasteiger partial charge is 0.450 e. The van der Waals surface area contributed by atoms with Gasteiger partial charge in [0.05, 0.1) is 12.2 Å². The van der Waals surface area contributed by atoms with Crippen LogP contribution in [-0.4, -0.2) is 65.4 Å². The molecule has 8 heteroatoms. The summed E-state index contributed by atoms with van der Waals surface area (Å²) in [6.07, 6.45) is 0.993. The lowest BCUT2D eigenvalue weighted by Gasteiger charge is -2.33. The molecule has 0 saturated carbocycles. The van der Waals surface area contributed by atoms with E-state index in [0.717, 1.165) is 0 Å². The molecule has 0 atom stereocenters. The lowest BCUT2D eigenvalue weighted by Crippen LogP contribution is -2.52. The molecule has 0 unspecified atom stereocenters. The van der Waals surface area contributed by atoms with Crippen LogP contribution < -0.4 is 0 Å². The molecular weight excluding hydrogens is 329 g/mol. The molecule has 1 saturated heterocycles. The number of fused-ring (bicyclic) bond motifs is 1. The fourth-order valence-corrected chi connectivity index (χ4v) is 2.85. The van der Waals surface area contributed by atoms with Crippen molar-refractivity contribution in [3.05, 3.63) is 35.8 Å². The highest BCUT2D eigenvalue weighted by molar-refractivity contribution is 6.44. The predicted octanol–water partition coefficient (Wildman–Crippen LogP) is 1.79. The van der Waals surface area contributed by atoms with E-state index in [1.807, 2.05) is 0 Å². The highest BCUT2D eigenvalue weighted by atomic mass is 19.1. The van der Waals surface area contributed by atoms with E-state index in [1.54, 1.807) is 6.92 Å². The van der Waals surface area contributed by atoms with E-state index in [-0.39, 0.29) is 25.3 Å². The molecule has 1 aliphatic heterocycles. The number of ether oxygens (including phenoxy) is 1. The normalized spacial score (nSPS) is 14.6. The molecule has 1 aliphatic rings. The van der Waals surface area contributed by atoms with Crippen molar-refractivity contribution in [3.63, 3.8) is 0 Å². The number of H-pyrrole nitrogens is 1. The molecule has 0 spiro atoms. The zero-order valence-corrected chi connectivity index (χ0v) is 13.8. The van der Waals surface area contributed by atoms with Crippen LogP contribution in [0.25, 0.3) is 10.9 Å². The molecule has 0 radical (unpaired) electrons. The van der Waals surface area contributed by atoms with E-state index in [4.69, 9.17) is 4.74 Å². The third-order valence-corrected chi connectivity index (χ3v) is 4.18. The molecule has 7 nitrogen and oxygen atoms in total. The van der Waals surface area contributed by atoms with Crippen molar-refractivity contribution in [2.75, 3.05) is 32.8 Å². The fourth-order valence-electron chi connectivity index (χ4n) is 2.85. The van der Waals surface area contributed by atoms with Crippen LogP contribution >= 0.6 is 0 Å². The number of benzene rings is 1. The van der Waals surface area contributed by atoms with Gasteiger partial charge in [0, 0.05) is 43.3 Å². The van der Waals surface area contributed by atoms with Crippen molar-refractivity contribution in [3.8, 4) is 0 Å². The van der Waals surface area contributed by atoms with Gasteiger partial charge in [0.25, 0.3) is 11.7 Å². The van der Waals surface area contributed by atoms with Crippen LogP contribution in [0.3, 0.4) is 0 Å². The first-order valence-corrected chi connectivity index (χ1v) is 8.03. The third kappa shape index (κ3) is 3.33. The molecule has 2 aromatic rings. The van der Waals surface area contributed by atoms with Crippen molar-refractivity contribution < 1.29 is 23.5 Å². The Morgan fingerprint density at radius 2 is 1.84 bits per heavy atom. The van der Waals surface area contributed by atoms with Gasteiger partial charge >= 0.3 is 6.09 Å². The number of amides is 2. The maximum Gasteiger partial charge on any atom is 0.409 e. The molecule has 3 rings (SSSR count). The highest BCUT2D eigenvalue weighted by Crippen LogP contribution is 2.20. The maximum absolute atomic E-state index is 13.4. The van der Waals surface area contributed by atoms with E-state index >= 15 is 0 Å². The van der Waals surface area contributed by atoms with Gasteiger partial charge in [-0.3, -0.25) is 9.59 Å². The third-order valence-electron chi connectivity index (χ3n) is 4.18. The molecule has 2 heterocycles. The van der Waals surface area contributed by atoms with E-state index < -0.39 is 23.6 Å². The number of rotatable bonds is 3. The summed E-state index contributed by atoms with van der Waals surface area (Å²) in [6, 6.07) is 4.03. The molecular formula is C17H18FN3O4. The maximum atomic E-state index is 13.4. The van der Waals surface area contributed by atoms with Crippen molar-refractivity contribution in [2.45, 2.75) is 6.92 Å². The lowest BCUT2D eigenvalue weighted by molar-refractivity contribution is -0.128. The molecule has 1 fully saturated rings. The molecule has 0 bridgehead atoms. The second-order valence-electron chi connectivity index (χ2n) is 5.70. The van der Waals surface area contributed by atoms with E-state index in [0.29, 0.717) is 24.0 Å². The van der Waals surface area contributed by atoms with Gasteiger partial charge < -0.3 is 19.5 Å². The number of ketones is 1. The number of hydrogen-bond donors (Lipinski definition) is 1. The summed E-state index contributed by atoms with van der Waals surface area (Å²) in [5, 5.41) is 0.378. The fraction of sp³-hybridized carbons (Fsp3) is 0.353. The second kappa shape index (κ2) is 6.92. The van der Waals surface area contributed by atoms with Gasteiger partial charge in [-0.1, -0.05) is 0 Å². The molecule has 25 heavy (non-hydrogen) atoms. The van der Waals surface area contributed by atoms with Crippen LogP contribution in [0.4, 0.5) is 9.18 Å². The average Bonchev–Trinajstić information content (AvgIpc) is 3.03. The van der Waals surface area contributed by atoms with Crippen molar-refractivity contribution in [1.29, 1.82) is 0 Å². The standard InChI is InChI=1S/C17H18FN3O4/c1-2-25-17(24)21-7-5-20(6-8-21)16(23)15(22)13-10-19-14-4-3-11(18)9-12(13)14/h3-4,9-10,19H,2,5-8H2,1H3. The average molecular weight is 347 g/mol. The number of carbonyl (C=O) groups excluding carboxylic acids is 3. The van der Waals surface area contributed by atoms with Gasteiger partial charge in [-0.2, -0.15) is 0 Å². The number of carbonyl (C=O) groups is 3. The first-order chi connectivity index (χ1) is 12.0. The Balaban J connectivity index is 1.70. The van der Waals surface area contributed by atoms with Gasteiger partial charge in [0.15, 0.2) is 0 Å². The van der Waals surface area contributed by atoms with Crippen molar-refractivity contribution in [2.24, 2.45) is 0 Å². The summed E-state index contributed by atoms with van der Waals surface area (Å²) in [4.78, 5) is 42.4. The molecule has 1 aromatic carbocycles. The molecule has 132 valence electrons. The molecule has 1 N–H and O–H groups in total. The monoisotopic (exact) mass is 347 g/mol. The SMILES string of the molecule is CCOC(=O)N1CCN(C(=O)C(=O)c2c[nH]c3ccc(F)cc23)CC1. The Morgan fingerprint density at radius 1 is 1.16 bits per heavy atom. The van der Waals surface area contributed by atoms with E-state index in [2.05, 4.69) is 4.98 Å². The Labute approximate surface area is 143 Å². The van der Waals surface area contributed by atoms with Crippen molar-refractivity contribution >= 4 is 28.7 Å². The van der Waals surface area contributed by atoms with Gasteiger partial charge in [0.1, 0.15) is 5.82 Å². The summed E-state index contributed by atoms with van der Waals surface area (Å²) in [7, 11) is 0. The minimum absolute atomic E-state index is 0.146. The Morgan fingerprint density at radius 3 is 2.52 bits per heavy atom. The van der Waals surface area contributed by atoms with Gasteiger partial charge in [0.2, 0.25) is 0 Å². The smallest absolute Gasteiger partial charge is 0.409 e. The molecule has 1 aromatic heterocycles. The topological polar surface area (TPSA) is 82.7 Å². The number of halogens is 1. The highest BCUT2D eigenvalue weighted by Gasteiger charge is 2.30. The molecule has 0 aliphatic carbocycles. The van der Waals surface area contributed by atoms with Crippen LogP contribution in [-0.2, 0) is 9.53 Å². The van der Waals surface area contributed by atoms with Gasteiger partial charge in [-0.05, 0) is 25.1 Å². The van der Waals surface area contributed by atoms with E-state index in [9.17, 15) is 18.8 Å². The van der Waals surface area contributed by atoms with Crippen LogP contribution in [0.15, 0.2) is 24.4 Å². The van der Waals surface area contributed by atoms with Crippen LogP contribution in [0.2, 0.25) is 0 Å². The predicted molar refractivity (Wildman–Crippen MR) is 87.8 cm³/mol.